The van der Waals surface area contributed by atoms with Crippen molar-refractivity contribution in [3.8, 4) is 0 Å². The second-order valence-electron chi connectivity index (χ2n) is 3.90. The zero-order chi connectivity index (χ0) is 13.5. The number of para-hydroxylation sites is 1. The van der Waals surface area contributed by atoms with Crippen LogP contribution in [0.3, 0.4) is 0 Å². The number of aliphatic hydroxyl groups excluding tert-OH is 1. The van der Waals surface area contributed by atoms with E-state index in [0.717, 1.165) is 9.80 Å². The van der Waals surface area contributed by atoms with Crippen molar-refractivity contribution in [2.75, 3.05) is 11.9 Å². The van der Waals surface area contributed by atoms with Crippen LogP contribution in [-0.4, -0.2) is 29.5 Å². The van der Waals surface area contributed by atoms with Crippen LogP contribution in [0.4, 0.5) is 18.9 Å². The lowest BCUT2D eigenvalue weighted by Gasteiger charge is -2.29. The summed E-state index contributed by atoms with van der Waals surface area (Å²) in [6.07, 6.45) is -5.77. The molecular formula is C11H12F3N3O. The van der Waals surface area contributed by atoms with Crippen LogP contribution in [0.25, 0.3) is 0 Å². The van der Waals surface area contributed by atoms with E-state index in [2.05, 4.69) is 0 Å². The van der Waals surface area contributed by atoms with Gasteiger partial charge in [0.2, 0.25) is 5.88 Å². The molecule has 7 heteroatoms. The number of allylic oxidation sites excluding steroid dienone is 1. The lowest BCUT2D eigenvalue weighted by atomic mass is 10.2. The Morgan fingerprint density at radius 1 is 1.22 bits per heavy atom. The quantitative estimate of drug-likeness (QED) is 0.809. The van der Waals surface area contributed by atoms with Crippen LogP contribution >= 0.6 is 0 Å². The van der Waals surface area contributed by atoms with Crippen LogP contribution in [-0.2, 0) is 0 Å². The minimum Gasteiger partial charge on any atom is -0.493 e. The average Bonchev–Trinajstić information content (AvgIpc) is 2.54. The van der Waals surface area contributed by atoms with E-state index in [1.54, 1.807) is 18.2 Å². The molecule has 0 amide bonds. The van der Waals surface area contributed by atoms with Crippen LogP contribution in [0.5, 0.6) is 0 Å². The topological polar surface area (TPSA) is 52.7 Å². The Morgan fingerprint density at radius 2 is 1.78 bits per heavy atom. The van der Waals surface area contributed by atoms with Crippen LogP contribution in [0.2, 0.25) is 0 Å². The first-order valence-corrected chi connectivity index (χ1v) is 5.17. The van der Waals surface area contributed by atoms with Gasteiger partial charge in [0.25, 0.3) is 0 Å². The average molecular weight is 259 g/mol. The highest BCUT2D eigenvalue weighted by molar-refractivity contribution is 5.56. The first-order valence-electron chi connectivity index (χ1n) is 5.17. The van der Waals surface area contributed by atoms with Gasteiger partial charge in [0, 0.05) is 12.7 Å². The third-order valence-electron chi connectivity index (χ3n) is 2.75. The van der Waals surface area contributed by atoms with Crippen molar-refractivity contribution < 1.29 is 18.3 Å². The molecule has 0 fully saturated rings. The predicted molar refractivity (Wildman–Crippen MR) is 60.4 cm³/mol. The normalized spacial score (nSPS) is 20.8. The summed E-state index contributed by atoms with van der Waals surface area (Å²) in [5.41, 5.74) is 4.80. The molecule has 2 rings (SSSR count). The maximum absolute atomic E-state index is 13.0. The second kappa shape index (κ2) is 4.09. The van der Waals surface area contributed by atoms with Crippen molar-refractivity contribution in [3.05, 3.63) is 41.9 Å². The highest BCUT2D eigenvalue weighted by Gasteiger charge is 2.49. The fourth-order valence-electron chi connectivity index (χ4n) is 1.84. The number of halogens is 3. The van der Waals surface area contributed by atoms with Gasteiger partial charge in [-0.1, -0.05) is 18.2 Å². The van der Waals surface area contributed by atoms with Crippen LogP contribution in [0, 0.1) is 0 Å². The maximum atomic E-state index is 13.0. The van der Waals surface area contributed by atoms with Crippen molar-refractivity contribution in [1.29, 1.82) is 0 Å². The minimum atomic E-state index is -4.68. The number of benzene rings is 1. The van der Waals surface area contributed by atoms with E-state index in [0.29, 0.717) is 0 Å². The van der Waals surface area contributed by atoms with Gasteiger partial charge in [-0.05, 0) is 12.1 Å². The number of aliphatic hydroxyl groups is 1. The molecule has 1 aromatic rings. The van der Waals surface area contributed by atoms with Gasteiger partial charge in [0.1, 0.15) is 0 Å². The highest BCUT2D eigenvalue weighted by Crippen LogP contribution is 2.39. The molecule has 0 aromatic heterocycles. The molecule has 1 aliphatic rings. The summed E-state index contributed by atoms with van der Waals surface area (Å²) in [6, 6.07) is 7.89. The van der Waals surface area contributed by atoms with E-state index in [-0.39, 0.29) is 5.69 Å². The third-order valence-corrected chi connectivity index (χ3v) is 2.75. The number of alkyl halides is 3. The van der Waals surface area contributed by atoms with E-state index >= 15 is 0 Å². The molecule has 4 nitrogen and oxygen atoms in total. The Morgan fingerprint density at radius 3 is 2.28 bits per heavy atom. The fraction of sp³-hybridized carbons (Fsp3) is 0.273. The number of hydrogen-bond donors (Lipinski definition) is 2. The number of rotatable bonds is 1. The lowest BCUT2D eigenvalue weighted by molar-refractivity contribution is -0.0953. The number of anilines is 1. The molecule has 1 unspecified atom stereocenters. The molecule has 0 radical (unpaired) electrons. The molecule has 0 aliphatic carbocycles. The Kier molecular flexibility index (Phi) is 2.86. The van der Waals surface area contributed by atoms with Crippen molar-refractivity contribution in [2.45, 2.75) is 12.5 Å². The van der Waals surface area contributed by atoms with E-state index in [1.807, 2.05) is 0 Å². The van der Waals surface area contributed by atoms with Crippen molar-refractivity contribution >= 4 is 5.69 Å². The predicted octanol–water partition coefficient (Wildman–Crippen LogP) is 1.97. The molecule has 0 spiro atoms. The number of nitrogens with two attached hydrogens (primary N) is 1. The number of nitrogens with zero attached hydrogens (tertiary/aromatic N) is 2. The van der Waals surface area contributed by atoms with Crippen LogP contribution in [0.15, 0.2) is 41.9 Å². The Bertz CT molecular complexity index is 472. The zero-order valence-electron chi connectivity index (χ0n) is 9.52. The van der Waals surface area contributed by atoms with Gasteiger partial charge in [0.15, 0.2) is 12.0 Å². The summed E-state index contributed by atoms with van der Waals surface area (Å²) in [6.45, 7) is 0. The fourth-order valence-corrected chi connectivity index (χ4v) is 1.84. The van der Waals surface area contributed by atoms with Crippen molar-refractivity contribution in [3.63, 3.8) is 0 Å². The van der Waals surface area contributed by atoms with E-state index < -0.39 is 24.0 Å². The van der Waals surface area contributed by atoms with Gasteiger partial charge in [0.05, 0.1) is 0 Å². The van der Waals surface area contributed by atoms with E-state index in [4.69, 9.17) is 5.73 Å². The maximum Gasteiger partial charge on any atom is 0.436 e. The molecule has 3 N–H and O–H groups in total. The van der Waals surface area contributed by atoms with Gasteiger partial charge < -0.3 is 10.0 Å². The minimum absolute atomic E-state index is 0.272. The lowest BCUT2D eigenvalue weighted by Crippen LogP contribution is -2.47. The van der Waals surface area contributed by atoms with Crippen molar-refractivity contribution in [2.24, 2.45) is 5.73 Å². The van der Waals surface area contributed by atoms with Crippen LogP contribution < -0.4 is 10.6 Å². The van der Waals surface area contributed by atoms with Gasteiger partial charge in [-0.25, -0.2) is 0 Å². The third kappa shape index (κ3) is 1.86. The first kappa shape index (κ1) is 12.6. The molecule has 0 bridgehead atoms. The molecule has 0 saturated heterocycles. The molecule has 0 saturated carbocycles. The molecular weight excluding hydrogens is 247 g/mol. The Labute approximate surface area is 102 Å². The standard InChI is InChI=1S/C11H12F3N3O/c1-16-9(18)8(11(12,13)14)17(10(16)15)7-5-3-2-4-6-7/h2-6,10,18H,15H2,1H3. The summed E-state index contributed by atoms with van der Waals surface area (Å²) in [5, 5.41) is 9.56. The zero-order valence-corrected chi connectivity index (χ0v) is 9.52. The molecule has 1 heterocycles. The molecule has 98 valence electrons. The first-order chi connectivity index (χ1) is 8.34. The SMILES string of the molecule is CN1C(O)=C(C(F)(F)F)N(c2ccccc2)C1N. The monoisotopic (exact) mass is 259 g/mol. The Balaban J connectivity index is 2.52. The van der Waals surface area contributed by atoms with Gasteiger partial charge >= 0.3 is 6.18 Å². The van der Waals surface area contributed by atoms with Crippen LogP contribution in [0.1, 0.15) is 0 Å². The van der Waals surface area contributed by atoms with Gasteiger partial charge in [-0.2, -0.15) is 13.2 Å². The Hall–Kier alpha value is -1.89. The summed E-state index contributed by atoms with van der Waals surface area (Å²) in [5.74, 6) is -0.876. The molecule has 1 aromatic carbocycles. The summed E-state index contributed by atoms with van der Waals surface area (Å²) >= 11 is 0. The van der Waals surface area contributed by atoms with Gasteiger partial charge in [-0.3, -0.25) is 10.6 Å². The second-order valence-corrected chi connectivity index (χ2v) is 3.90. The molecule has 18 heavy (non-hydrogen) atoms. The molecule has 1 aliphatic heterocycles. The number of hydrogen-bond acceptors (Lipinski definition) is 4. The van der Waals surface area contributed by atoms with Gasteiger partial charge in [-0.15, -0.1) is 0 Å². The largest absolute Gasteiger partial charge is 0.493 e. The smallest absolute Gasteiger partial charge is 0.436 e. The van der Waals surface area contributed by atoms with E-state index in [9.17, 15) is 18.3 Å². The summed E-state index contributed by atoms with van der Waals surface area (Å²) < 4.78 is 38.9. The van der Waals surface area contributed by atoms with Crippen molar-refractivity contribution in [1.82, 2.24) is 4.90 Å². The summed E-state index contributed by atoms with van der Waals surface area (Å²) in [4.78, 5) is 1.82. The highest BCUT2D eigenvalue weighted by atomic mass is 19.4. The summed E-state index contributed by atoms with van der Waals surface area (Å²) in [7, 11) is 1.30. The molecule has 1 atom stereocenters. The van der Waals surface area contributed by atoms with E-state index in [1.165, 1.54) is 19.2 Å².